The van der Waals surface area contributed by atoms with Crippen molar-refractivity contribution in [1.82, 2.24) is 4.90 Å². The summed E-state index contributed by atoms with van der Waals surface area (Å²) in [5, 5.41) is 8.75. The van der Waals surface area contributed by atoms with Crippen LogP contribution in [0.3, 0.4) is 0 Å². The number of furan rings is 1. The summed E-state index contributed by atoms with van der Waals surface area (Å²) in [4.78, 5) is 12.9. The van der Waals surface area contributed by atoms with Crippen LogP contribution in [0, 0.1) is 5.92 Å². The molecule has 2 heterocycles. The van der Waals surface area contributed by atoms with Gasteiger partial charge in [-0.25, -0.2) is 0 Å². The van der Waals surface area contributed by atoms with Crippen LogP contribution in [0.4, 0.5) is 0 Å². The minimum atomic E-state index is -0.697. The van der Waals surface area contributed by atoms with Crippen molar-refractivity contribution < 1.29 is 14.3 Å². The van der Waals surface area contributed by atoms with Crippen LogP contribution in [-0.4, -0.2) is 29.1 Å². The van der Waals surface area contributed by atoms with E-state index in [0.717, 1.165) is 25.3 Å². The highest BCUT2D eigenvalue weighted by Crippen LogP contribution is 2.28. The highest BCUT2D eigenvalue weighted by atomic mass is 16.4. The van der Waals surface area contributed by atoms with Gasteiger partial charge < -0.3 is 9.52 Å². The molecule has 4 heteroatoms. The maximum Gasteiger partial charge on any atom is 0.303 e. The van der Waals surface area contributed by atoms with Crippen molar-refractivity contribution >= 4 is 5.97 Å². The molecule has 1 aliphatic rings. The first kappa shape index (κ1) is 11.2. The van der Waals surface area contributed by atoms with Crippen LogP contribution >= 0.6 is 0 Å². The van der Waals surface area contributed by atoms with E-state index in [1.807, 2.05) is 12.1 Å². The van der Waals surface area contributed by atoms with Crippen LogP contribution in [0.5, 0.6) is 0 Å². The molecule has 0 radical (unpaired) electrons. The predicted octanol–water partition coefficient (Wildman–Crippen LogP) is 2.14. The number of rotatable bonds is 4. The van der Waals surface area contributed by atoms with Gasteiger partial charge in [0.2, 0.25) is 0 Å². The largest absolute Gasteiger partial charge is 0.481 e. The monoisotopic (exact) mass is 223 g/mol. The summed E-state index contributed by atoms with van der Waals surface area (Å²) in [6.07, 6.45) is 2.93. The first-order valence-corrected chi connectivity index (χ1v) is 5.66. The third-order valence-corrected chi connectivity index (χ3v) is 3.28. The van der Waals surface area contributed by atoms with Crippen molar-refractivity contribution in [2.45, 2.75) is 25.8 Å². The molecule has 2 atom stereocenters. The van der Waals surface area contributed by atoms with Crippen LogP contribution in [0.1, 0.15) is 31.6 Å². The van der Waals surface area contributed by atoms with Crippen molar-refractivity contribution in [2.24, 2.45) is 5.92 Å². The molecule has 1 N–H and O–H groups in total. The van der Waals surface area contributed by atoms with Gasteiger partial charge in [0, 0.05) is 13.0 Å². The van der Waals surface area contributed by atoms with E-state index >= 15 is 0 Å². The number of likely N-dealkylation sites (tertiary alicyclic amines) is 1. The molecule has 1 aromatic heterocycles. The molecule has 4 nitrogen and oxygen atoms in total. The van der Waals surface area contributed by atoms with Gasteiger partial charge >= 0.3 is 5.97 Å². The van der Waals surface area contributed by atoms with E-state index in [0.29, 0.717) is 0 Å². The normalized spacial score (nSPS) is 23.4. The van der Waals surface area contributed by atoms with Crippen LogP contribution < -0.4 is 0 Å². The topological polar surface area (TPSA) is 53.7 Å². The van der Waals surface area contributed by atoms with Gasteiger partial charge in [0.25, 0.3) is 0 Å². The number of hydrogen-bond donors (Lipinski definition) is 1. The lowest BCUT2D eigenvalue weighted by Gasteiger charge is -2.22. The minimum Gasteiger partial charge on any atom is -0.481 e. The zero-order valence-corrected chi connectivity index (χ0v) is 9.43. The zero-order valence-electron chi connectivity index (χ0n) is 9.43. The fourth-order valence-electron chi connectivity index (χ4n) is 2.34. The Morgan fingerprint density at radius 2 is 2.56 bits per heavy atom. The number of carboxylic acid groups (broad SMARTS) is 1. The molecular formula is C12H17NO3. The van der Waals surface area contributed by atoms with E-state index in [2.05, 4.69) is 11.8 Å². The molecule has 2 rings (SSSR count). The summed E-state index contributed by atoms with van der Waals surface area (Å²) in [5.41, 5.74) is 0. The van der Waals surface area contributed by atoms with Crippen LogP contribution in [-0.2, 0) is 4.79 Å². The lowest BCUT2D eigenvalue weighted by Crippen LogP contribution is -2.24. The summed E-state index contributed by atoms with van der Waals surface area (Å²) in [6.45, 7) is 3.91. The van der Waals surface area contributed by atoms with E-state index in [4.69, 9.17) is 9.52 Å². The molecule has 16 heavy (non-hydrogen) atoms. The molecule has 0 aromatic carbocycles. The van der Waals surface area contributed by atoms with Crippen molar-refractivity contribution in [3.63, 3.8) is 0 Å². The Labute approximate surface area is 94.9 Å². The van der Waals surface area contributed by atoms with Gasteiger partial charge in [-0.3, -0.25) is 9.69 Å². The second kappa shape index (κ2) is 4.70. The third kappa shape index (κ3) is 2.44. The summed E-state index contributed by atoms with van der Waals surface area (Å²) in [5.74, 6) is 0.545. The first-order valence-electron chi connectivity index (χ1n) is 5.66. The smallest absolute Gasteiger partial charge is 0.303 e. The second-order valence-corrected chi connectivity index (χ2v) is 4.44. The van der Waals surface area contributed by atoms with Crippen molar-refractivity contribution in [3.8, 4) is 0 Å². The predicted molar refractivity (Wildman–Crippen MR) is 59.1 cm³/mol. The van der Waals surface area contributed by atoms with E-state index < -0.39 is 5.97 Å². The Bertz CT molecular complexity index is 347. The standard InChI is InChI=1S/C12H17NO3/c1-9(11-3-2-6-16-11)13-5-4-10(8-13)7-12(14)15/h2-3,6,9-10H,4-5,7-8H2,1H3,(H,14,15). The maximum absolute atomic E-state index is 10.6. The van der Waals surface area contributed by atoms with E-state index in [-0.39, 0.29) is 18.4 Å². The number of nitrogens with zero attached hydrogens (tertiary/aromatic N) is 1. The Hall–Kier alpha value is -1.29. The molecule has 0 bridgehead atoms. The number of carboxylic acids is 1. The van der Waals surface area contributed by atoms with E-state index in [9.17, 15) is 4.79 Å². The van der Waals surface area contributed by atoms with Gasteiger partial charge in [-0.2, -0.15) is 0 Å². The first-order chi connectivity index (χ1) is 7.66. The molecule has 0 spiro atoms. The van der Waals surface area contributed by atoms with Gasteiger partial charge in [0.05, 0.1) is 12.3 Å². The van der Waals surface area contributed by atoms with Crippen LogP contribution in [0.15, 0.2) is 22.8 Å². The van der Waals surface area contributed by atoms with Gasteiger partial charge in [0.1, 0.15) is 5.76 Å². The fourth-order valence-corrected chi connectivity index (χ4v) is 2.34. The molecule has 88 valence electrons. The van der Waals surface area contributed by atoms with Crippen LogP contribution in [0.2, 0.25) is 0 Å². The van der Waals surface area contributed by atoms with Gasteiger partial charge in [-0.15, -0.1) is 0 Å². The molecular weight excluding hydrogens is 206 g/mol. The average Bonchev–Trinajstić information content (AvgIpc) is 2.84. The third-order valence-electron chi connectivity index (χ3n) is 3.28. The lowest BCUT2D eigenvalue weighted by atomic mass is 10.1. The van der Waals surface area contributed by atoms with Crippen LogP contribution in [0.25, 0.3) is 0 Å². The number of hydrogen-bond acceptors (Lipinski definition) is 3. The summed E-state index contributed by atoms with van der Waals surface area (Å²) < 4.78 is 5.37. The van der Waals surface area contributed by atoms with Crippen molar-refractivity contribution in [1.29, 1.82) is 0 Å². The van der Waals surface area contributed by atoms with Gasteiger partial charge in [-0.05, 0) is 37.9 Å². The number of aliphatic carboxylic acids is 1. The summed E-state index contributed by atoms with van der Waals surface area (Å²) in [6, 6.07) is 4.10. The van der Waals surface area contributed by atoms with Crippen molar-refractivity contribution in [3.05, 3.63) is 24.2 Å². The molecule has 0 aliphatic carbocycles. The minimum absolute atomic E-state index is 0.244. The average molecular weight is 223 g/mol. The second-order valence-electron chi connectivity index (χ2n) is 4.44. The van der Waals surface area contributed by atoms with E-state index in [1.54, 1.807) is 6.26 Å². The number of carbonyl (C=O) groups is 1. The van der Waals surface area contributed by atoms with E-state index in [1.165, 1.54) is 0 Å². The highest BCUT2D eigenvalue weighted by molar-refractivity contribution is 5.67. The fraction of sp³-hybridized carbons (Fsp3) is 0.583. The zero-order chi connectivity index (χ0) is 11.5. The molecule has 2 unspecified atom stereocenters. The molecule has 1 aromatic rings. The highest BCUT2D eigenvalue weighted by Gasteiger charge is 2.28. The Balaban J connectivity index is 1.91. The SMILES string of the molecule is CC(c1ccco1)N1CCC(CC(=O)O)C1. The van der Waals surface area contributed by atoms with Gasteiger partial charge in [0.15, 0.2) is 0 Å². The van der Waals surface area contributed by atoms with Crippen molar-refractivity contribution in [2.75, 3.05) is 13.1 Å². The lowest BCUT2D eigenvalue weighted by molar-refractivity contribution is -0.138. The quantitative estimate of drug-likeness (QED) is 0.849. The maximum atomic E-state index is 10.6. The Kier molecular flexibility index (Phi) is 3.29. The summed E-state index contributed by atoms with van der Waals surface area (Å²) >= 11 is 0. The van der Waals surface area contributed by atoms with Gasteiger partial charge in [-0.1, -0.05) is 0 Å². The molecule has 0 amide bonds. The Morgan fingerprint density at radius 1 is 1.75 bits per heavy atom. The molecule has 1 aliphatic heterocycles. The molecule has 0 saturated carbocycles. The molecule has 1 saturated heterocycles. The molecule has 1 fully saturated rings. The Morgan fingerprint density at radius 3 is 3.19 bits per heavy atom. The summed E-state index contributed by atoms with van der Waals surface area (Å²) in [7, 11) is 0.